The number of fused-ring (bicyclic) bond motifs is 3. The fourth-order valence-electron chi connectivity index (χ4n) is 4.72. The van der Waals surface area contributed by atoms with Crippen molar-refractivity contribution in [1.29, 1.82) is 0 Å². The smallest absolute Gasteiger partial charge is 0.417 e. The molecule has 2 atom stereocenters. The SMILES string of the molecule is CC(C)(O)CCOc1ccc(-c2cccc(COc3cc4c(cn3)C3CC3C4)c2)c(C(F)(F)F)c1. The Morgan fingerprint density at radius 3 is 2.66 bits per heavy atom. The molecule has 0 aliphatic heterocycles. The van der Waals surface area contributed by atoms with Crippen LogP contribution in [0, 0.1) is 5.92 Å². The fourth-order valence-corrected chi connectivity index (χ4v) is 4.72. The number of aliphatic hydroxyl groups is 1. The lowest BCUT2D eigenvalue weighted by Crippen LogP contribution is -2.21. The molecule has 1 saturated carbocycles. The number of ether oxygens (including phenoxy) is 2. The topological polar surface area (TPSA) is 51.6 Å². The molecule has 0 saturated heterocycles. The Bertz CT molecular complexity index is 1230. The highest BCUT2D eigenvalue weighted by Gasteiger charge is 2.45. The number of hydrogen-bond acceptors (Lipinski definition) is 4. The lowest BCUT2D eigenvalue weighted by atomic mass is 9.97. The van der Waals surface area contributed by atoms with Gasteiger partial charge in [-0.25, -0.2) is 4.98 Å². The van der Waals surface area contributed by atoms with Crippen LogP contribution in [-0.2, 0) is 19.2 Å². The zero-order valence-electron chi connectivity index (χ0n) is 19.7. The van der Waals surface area contributed by atoms with Crippen molar-refractivity contribution in [3.8, 4) is 22.8 Å². The summed E-state index contributed by atoms with van der Waals surface area (Å²) in [5, 5.41) is 9.79. The lowest BCUT2D eigenvalue weighted by molar-refractivity contribution is -0.137. The number of halogens is 3. The molecule has 2 aliphatic rings. The molecule has 0 spiro atoms. The average molecular weight is 484 g/mol. The number of nitrogens with zero attached hydrogens (tertiary/aromatic N) is 1. The minimum Gasteiger partial charge on any atom is -0.493 e. The maximum Gasteiger partial charge on any atom is 0.417 e. The van der Waals surface area contributed by atoms with Gasteiger partial charge in [-0.15, -0.1) is 0 Å². The Balaban J connectivity index is 1.32. The number of pyridine rings is 1. The second kappa shape index (κ2) is 8.86. The molecule has 5 rings (SSSR count). The van der Waals surface area contributed by atoms with Crippen molar-refractivity contribution in [3.63, 3.8) is 0 Å². The maximum atomic E-state index is 13.9. The Morgan fingerprint density at radius 2 is 1.89 bits per heavy atom. The zero-order chi connectivity index (χ0) is 24.8. The molecular weight excluding hydrogens is 455 g/mol. The van der Waals surface area contributed by atoms with Gasteiger partial charge in [-0.3, -0.25) is 0 Å². The summed E-state index contributed by atoms with van der Waals surface area (Å²) in [6, 6.07) is 12.9. The van der Waals surface area contributed by atoms with E-state index >= 15 is 0 Å². The number of rotatable bonds is 8. The van der Waals surface area contributed by atoms with Crippen molar-refractivity contribution in [1.82, 2.24) is 4.98 Å². The quantitative estimate of drug-likeness (QED) is 0.395. The summed E-state index contributed by atoms with van der Waals surface area (Å²) < 4.78 is 53.1. The normalized spacial score (nSPS) is 18.7. The molecule has 1 aromatic heterocycles. The van der Waals surface area contributed by atoms with Gasteiger partial charge in [-0.05, 0) is 84.5 Å². The summed E-state index contributed by atoms with van der Waals surface area (Å²) in [7, 11) is 0. The molecule has 0 bridgehead atoms. The van der Waals surface area contributed by atoms with Crippen LogP contribution in [0.15, 0.2) is 54.7 Å². The van der Waals surface area contributed by atoms with Crippen LogP contribution in [0.25, 0.3) is 11.1 Å². The van der Waals surface area contributed by atoms with Crippen molar-refractivity contribution in [3.05, 3.63) is 77.0 Å². The fraction of sp³-hybridized carbons (Fsp3) is 0.393. The van der Waals surface area contributed by atoms with Crippen LogP contribution in [-0.4, -0.2) is 22.3 Å². The van der Waals surface area contributed by atoms with Crippen LogP contribution < -0.4 is 9.47 Å². The molecule has 184 valence electrons. The number of alkyl halides is 3. The second-order valence-electron chi connectivity index (χ2n) is 10.1. The van der Waals surface area contributed by atoms with E-state index in [0.29, 0.717) is 23.8 Å². The predicted octanol–water partition coefficient (Wildman–Crippen LogP) is 6.55. The van der Waals surface area contributed by atoms with E-state index in [1.54, 1.807) is 32.0 Å². The molecule has 7 heteroatoms. The number of benzene rings is 2. The molecule has 3 aromatic rings. The first-order valence-electron chi connectivity index (χ1n) is 11.8. The van der Waals surface area contributed by atoms with Gasteiger partial charge in [0.1, 0.15) is 12.4 Å². The van der Waals surface area contributed by atoms with Crippen LogP contribution in [0.2, 0.25) is 0 Å². The molecule has 0 radical (unpaired) electrons. The Morgan fingerprint density at radius 1 is 1.06 bits per heavy atom. The third-order valence-corrected chi connectivity index (χ3v) is 6.71. The minimum atomic E-state index is -4.55. The first kappa shape index (κ1) is 23.7. The molecule has 1 heterocycles. The molecular formula is C28H28F3NO3. The van der Waals surface area contributed by atoms with E-state index in [0.717, 1.165) is 24.0 Å². The Kier molecular flexibility index (Phi) is 5.99. The monoisotopic (exact) mass is 483 g/mol. The minimum absolute atomic E-state index is 0.0732. The first-order valence-corrected chi connectivity index (χ1v) is 11.8. The number of aromatic nitrogens is 1. The molecule has 2 aliphatic carbocycles. The Hall–Kier alpha value is -3.06. The van der Waals surface area contributed by atoms with Crippen LogP contribution in [0.1, 0.15) is 54.9 Å². The highest BCUT2D eigenvalue weighted by Crippen LogP contribution is 2.56. The highest BCUT2D eigenvalue weighted by atomic mass is 19.4. The van der Waals surface area contributed by atoms with Crippen LogP contribution >= 0.6 is 0 Å². The summed E-state index contributed by atoms with van der Waals surface area (Å²) in [6.07, 6.45) is -0.00793. The van der Waals surface area contributed by atoms with Crippen molar-refractivity contribution < 1.29 is 27.8 Å². The molecule has 4 nitrogen and oxygen atoms in total. The largest absolute Gasteiger partial charge is 0.493 e. The molecule has 0 amide bonds. The average Bonchev–Trinajstić information content (AvgIpc) is 3.47. The van der Waals surface area contributed by atoms with Crippen molar-refractivity contribution in [2.24, 2.45) is 5.92 Å². The number of hydrogen-bond donors (Lipinski definition) is 1. The first-order chi connectivity index (χ1) is 16.6. The van der Waals surface area contributed by atoms with Gasteiger partial charge < -0.3 is 14.6 Å². The van der Waals surface area contributed by atoms with Gasteiger partial charge in [0.05, 0.1) is 17.8 Å². The predicted molar refractivity (Wildman–Crippen MR) is 126 cm³/mol. The summed E-state index contributed by atoms with van der Waals surface area (Å²) in [5.41, 5.74) is 2.18. The van der Waals surface area contributed by atoms with Gasteiger partial charge in [0.25, 0.3) is 0 Å². The van der Waals surface area contributed by atoms with Gasteiger partial charge in [0.15, 0.2) is 0 Å². The van der Waals surface area contributed by atoms with E-state index in [9.17, 15) is 18.3 Å². The van der Waals surface area contributed by atoms with Crippen LogP contribution in [0.5, 0.6) is 11.6 Å². The van der Waals surface area contributed by atoms with E-state index in [1.807, 2.05) is 18.3 Å². The van der Waals surface area contributed by atoms with Crippen molar-refractivity contribution in [2.45, 2.75) is 57.4 Å². The van der Waals surface area contributed by atoms with Crippen LogP contribution in [0.3, 0.4) is 0 Å². The molecule has 2 aromatic carbocycles. The summed E-state index contributed by atoms with van der Waals surface area (Å²) in [6.45, 7) is 3.58. The van der Waals surface area contributed by atoms with Gasteiger partial charge >= 0.3 is 6.18 Å². The van der Waals surface area contributed by atoms with Gasteiger partial charge in [-0.2, -0.15) is 13.2 Å². The van der Waals surface area contributed by atoms with E-state index in [4.69, 9.17) is 9.47 Å². The van der Waals surface area contributed by atoms with E-state index in [-0.39, 0.29) is 24.5 Å². The zero-order valence-corrected chi connectivity index (χ0v) is 19.7. The van der Waals surface area contributed by atoms with E-state index < -0.39 is 17.3 Å². The Labute approximate surface area is 202 Å². The third kappa shape index (κ3) is 5.45. The molecule has 35 heavy (non-hydrogen) atoms. The second-order valence-corrected chi connectivity index (χ2v) is 10.1. The molecule has 1 N–H and O–H groups in total. The highest BCUT2D eigenvalue weighted by molar-refractivity contribution is 5.69. The molecule has 2 unspecified atom stereocenters. The summed E-state index contributed by atoms with van der Waals surface area (Å²) in [5.74, 6) is 2.09. The summed E-state index contributed by atoms with van der Waals surface area (Å²) in [4.78, 5) is 4.42. The lowest BCUT2D eigenvalue weighted by Gasteiger charge is -2.19. The van der Waals surface area contributed by atoms with Crippen LogP contribution in [0.4, 0.5) is 13.2 Å². The molecule has 1 fully saturated rings. The van der Waals surface area contributed by atoms with E-state index in [1.165, 1.54) is 29.7 Å². The third-order valence-electron chi connectivity index (χ3n) is 6.71. The van der Waals surface area contributed by atoms with Crippen molar-refractivity contribution in [2.75, 3.05) is 6.61 Å². The summed E-state index contributed by atoms with van der Waals surface area (Å²) >= 11 is 0. The van der Waals surface area contributed by atoms with Crippen molar-refractivity contribution >= 4 is 0 Å². The maximum absolute atomic E-state index is 13.9. The van der Waals surface area contributed by atoms with Gasteiger partial charge in [-0.1, -0.05) is 24.3 Å². The van der Waals surface area contributed by atoms with Gasteiger partial charge in [0.2, 0.25) is 5.88 Å². The standard InChI is InChI=1S/C28H28F3NO3/c1-27(2,33)8-9-34-21-6-7-22(25(14-21)28(29,30)31)18-5-3-4-17(10-18)16-35-26-13-20-11-19-12-23(19)24(20)15-32-26/h3-7,10,13-15,19,23,33H,8-9,11-12,16H2,1-2H3. The van der Waals surface area contributed by atoms with Gasteiger partial charge in [0, 0.05) is 18.7 Å². The van der Waals surface area contributed by atoms with E-state index in [2.05, 4.69) is 4.98 Å².